The largest absolute Gasteiger partial charge is 0.412 e. The molecule has 4 nitrogen and oxygen atoms in total. The molecule has 0 N–H and O–H groups in total. The van der Waals surface area contributed by atoms with Crippen LogP contribution in [0.5, 0.6) is 0 Å². The first-order chi connectivity index (χ1) is 9.29. The van der Waals surface area contributed by atoms with Crippen molar-refractivity contribution in [2.24, 2.45) is 0 Å². The lowest BCUT2D eigenvalue weighted by Gasteiger charge is -2.08. The Bertz CT molecular complexity index is 709. The summed E-state index contributed by atoms with van der Waals surface area (Å²) in [4.78, 5) is 14.5. The van der Waals surface area contributed by atoms with Gasteiger partial charge in [0.25, 0.3) is 0 Å². The zero-order valence-electron chi connectivity index (χ0n) is 10.4. The number of aromatic nitrogens is 3. The molecule has 19 heavy (non-hydrogen) atoms. The summed E-state index contributed by atoms with van der Waals surface area (Å²) in [6.07, 6.45) is 3.53. The number of fused-ring (bicyclic) bond motifs is 1. The maximum Gasteiger partial charge on any atom is 0.178 e. The lowest BCUT2D eigenvalue weighted by molar-refractivity contribution is 0.135. The van der Waals surface area contributed by atoms with Crippen molar-refractivity contribution in [3.8, 4) is 11.4 Å². The van der Waals surface area contributed by atoms with Gasteiger partial charge in [0, 0.05) is 22.4 Å². The van der Waals surface area contributed by atoms with E-state index in [1.807, 2.05) is 37.3 Å². The minimum atomic E-state index is 0.578. The minimum Gasteiger partial charge on any atom is -0.412 e. The highest BCUT2D eigenvalue weighted by Crippen LogP contribution is 2.25. The maximum atomic E-state index is 5.70. The van der Waals surface area contributed by atoms with Crippen molar-refractivity contribution in [2.45, 2.75) is 6.92 Å². The zero-order chi connectivity index (χ0) is 13.2. The van der Waals surface area contributed by atoms with Gasteiger partial charge in [0.15, 0.2) is 5.82 Å². The molecular formula is C14H12BrN3O. The Morgan fingerprint density at radius 1 is 1.32 bits per heavy atom. The van der Waals surface area contributed by atoms with E-state index in [1.165, 1.54) is 0 Å². The Balaban J connectivity index is 2.26. The fourth-order valence-electron chi connectivity index (χ4n) is 1.97. The highest BCUT2D eigenvalue weighted by Gasteiger charge is 2.13. The van der Waals surface area contributed by atoms with E-state index in [9.17, 15) is 0 Å². The Hall–Kier alpha value is -1.88. The lowest BCUT2D eigenvalue weighted by atomic mass is 10.3. The van der Waals surface area contributed by atoms with Crippen LogP contribution in [-0.4, -0.2) is 21.3 Å². The molecule has 5 heteroatoms. The third-order valence-corrected chi connectivity index (χ3v) is 3.25. The molecule has 2 aromatic heterocycles. The number of benzene rings is 1. The van der Waals surface area contributed by atoms with E-state index >= 15 is 0 Å². The van der Waals surface area contributed by atoms with Gasteiger partial charge in [-0.1, -0.05) is 15.9 Å². The smallest absolute Gasteiger partial charge is 0.178 e. The van der Waals surface area contributed by atoms with Gasteiger partial charge in [-0.05, 0) is 37.3 Å². The Kier molecular flexibility index (Phi) is 3.21. The van der Waals surface area contributed by atoms with Crippen LogP contribution in [0.15, 0.2) is 47.2 Å². The molecule has 0 amide bonds. The minimum absolute atomic E-state index is 0.578. The van der Waals surface area contributed by atoms with Crippen molar-refractivity contribution in [1.82, 2.24) is 14.7 Å². The zero-order valence-corrected chi connectivity index (χ0v) is 12.0. The van der Waals surface area contributed by atoms with Gasteiger partial charge in [-0.2, -0.15) is 4.73 Å². The van der Waals surface area contributed by atoms with Gasteiger partial charge >= 0.3 is 0 Å². The summed E-state index contributed by atoms with van der Waals surface area (Å²) in [6, 6.07) is 9.80. The maximum absolute atomic E-state index is 5.70. The molecule has 3 aromatic rings. The van der Waals surface area contributed by atoms with E-state index in [1.54, 1.807) is 17.1 Å². The van der Waals surface area contributed by atoms with Crippen molar-refractivity contribution >= 4 is 27.0 Å². The normalized spacial score (nSPS) is 10.8. The molecule has 0 radical (unpaired) electrons. The number of halogens is 1. The fourth-order valence-corrected chi connectivity index (χ4v) is 2.32. The molecule has 0 fully saturated rings. The summed E-state index contributed by atoms with van der Waals surface area (Å²) in [5.74, 6) is 0.767. The number of nitrogens with zero attached hydrogens (tertiary/aromatic N) is 3. The van der Waals surface area contributed by atoms with Gasteiger partial charge < -0.3 is 4.84 Å². The van der Waals surface area contributed by atoms with Crippen LogP contribution in [0.2, 0.25) is 0 Å². The van der Waals surface area contributed by atoms with Crippen molar-refractivity contribution in [1.29, 1.82) is 0 Å². The van der Waals surface area contributed by atoms with Crippen molar-refractivity contribution < 1.29 is 4.84 Å². The first-order valence-electron chi connectivity index (χ1n) is 6.01. The molecule has 0 spiro atoms. The second-order valence-electron chi connectivity index (χ2n) is 4.02. The summed E-state index contributed by atoms with van der Waals surface area (Å²) >= 11 is 3.46. The summed E-state index contributed by atoms with van der Waals surface area (Å²) in [5, 5.41) is 0. The van der Waals surface area contributed by atoms with E-state index in [0.717, 1.165) is 26.9 Å². The van der Waals surface area contributed by atoms with Gasteiger partial charge in [-0.3, -0.25) is 4.98 Å². The molecule has 1 aromatic carbocycles. The molecule has 0 aliphatic rings. The van der Waals surface area contributed by atoms with E-state index in [-0.39, 0.29) is 0 Å². The molecule has 0 aliphatic heterocycles. The second kappa shape index (κ2) is 5.01. The Morgan fingerprint density at radius 3 is 2.95 bits per heavy atom. The molecule has 3 rings (SSSR count). The van der Waals surface area contributed by atoms with Crippen molar-refractivity contribution in [2.75, 3.05) is 6.61 Å². The van der Waals surface area contributed by atoms with Gasteiger partial charge in [0.2, 0.25) is 0 Å². The van der Waals surface area contributed by atoms with Gasteiger partial charge in [0.1, 0.15) is 12.1 Å². The van der Waals surface area contributed by atoms with E-state index < -0.39 is 0 Å². The number of hydrogen-bond donors (Lipinski definition) is 0. The van der Waals surface area contributed by atoms with Gasteiger partial charge in [-0.15, -0.1) is 0 Å². The van der Waals surface area contributed by atoms with E-state index in [4.69, 9.17) is 4.84 Å². The van der Waals surface area contributed by atoms with Gasteiger partial charge in [-0.25, -0.2) is 4.98 Å². The molecule has 0 atom stereocenters. The van der Waals surface area contributed by atoms with Crippen LogP contribution in [0, 0.1) is 0 Å². The summed E-state index contributed by atoms with van der Waals surface area (Å²) in [6.45, 7) is 2.53. The molecule has 0 bridgehead atoms. The third kappa shape index (κ3) is 2.21. The fraction of sp³-hybridized carbons (Fsp3) is 0.143. The lowest BCUT2D eigenvalue weighted by Crippen LogP contribution is -2.11. The highest BCUT2D eigenvalue weighted by molar-refractivity contribution is 9.10. The molecule has 96 valence electrons. The second-order valence-corrected chi connectivity index (χ2v) is 4.94. The van der Waals surface area contributed by atoms with Gasteiger partial charge in [0.05, 0.1) is 5.52 Å². The van der Waals surface area contributed by atoms with Crippen LogP contribution >= 0.6 is 15.9 Å². The van der Waals surface area contributed by atoms with Crippen LogP contribution in [0.4, 0.5) is 0 Å². The summed E-state index contributed by atoms with van der Waals surface area (Å²) < 4.78 is 2.76. The first-order valence-corrected chi connectivity index (χ1v) is 6.80. The third-order valence-electron chi connectivity index (χ3n) is 2.75. The van der Waals surface area contributed by atoms with Crippen LogP contribution in [-0.2, 0) is 0 Å². The number of rotatable bonds is 3. The monoisotopic (exact) mass is 317 g/mol. The van der Waals surface area contributed by atoms with E-state index in [0.29, 0.717) is 6.61 Å². The van der Waals surface area contributed by atoms with Crippen LogP contribution in [0.25, 0.3) is 22.4 Å². The van der Waals surface area contributed by atoms with Crippen LogP contribution in [0.3, 0.4) is 0 Å². The SMILES string of the molecule is CCOn1c(-c2cccnc2)nc2cc(Br)ccc21. The molecular weight excluding hydrogens is 306 g/mol. The Labute approximate surface area is 119 Å². The van der Waals surface area contributed by atoms with Crippen LogP contribution < -0.4 is 4.84 Å². The Morgan fingerprint density at radius 2 is 2.21 bits per heavy atom. The molecule has 0 aliphatic carbocycles. The molecule has 0 saturated heterocycles. The van der Waals surface area contributed by atoms with Crippen molar-refractivity contribution in [3.05, 3.63) is 47.2 Å². The summed E-state index contributed by atoms with van der Waals surface area (Å²) in [5.41, 5.74) is 2.77. The molecule has 0 unspecified atom stereocenters. The number of imidazole rings is 1. The van der Waals surface area contributed by atoms with E-state index in [2.05, 4.69) is 25.9 Å². The predicted molar refractivity (Wildman–Crippen MR) is 77.8 cm³/mol. The topological polar surface area (TPSA) is 39.9 Å². The quantitative estimate of drug-likeness (QED) is 0.744. The predicted octanol–water partition coefficient (Wildman–Crippen LogP) is 3.31. The number of pyridine rings is 1. The first kappa shape index (κ1) is 12.2. The highest BCUT2D eigenvalue weighted by atomic mass is 79.9. The average molecular weight is 318 g/mol. The standard InChI is InChI=1S/C14H12BrN3O/c1-2-19-18-13-6-5-11(15)8-12(13)17-14(18)10-4-3-7-16-9-10/h3-9H,2H2,1H3. The number of hydrogen-bond acceptors (Lipinski definition) is 3. The molecule has 0 saturated carbocycles. The van der Waals surface area contributed by atoms with Crippen molar-refractivity contribution in [3.63, 3.8) is 0 Å². The van der Waals surface area contributed by atoms with Crippen LogP contribution in [0.1, 0.15) is 6.92 Å². The summed E-state index contributed by atoms with van der Waals surface area (Å²) in [7, 11) is 0. The molecule has 2 heterocycles. The average Bonchev–Trinajstić information content (AvgIpc) is 2.78.